The highest BCUT2D eigenvalue weighted by molar-refractivity contribution is 7.99. The van der Waals surface area contributed by atoms with E-state index in [4.69, 9.17) is 0 Å². The lowest BCUT2D eigenvalue weighted by molar-refractivity contribution is 0.613. The zero-order chi connectivity index (χ0) is 7.33. The first-order chi connectivity index (χ1) is 4.06. The fourth-order valence-electron chi connectivity index (χ4n) is 0.396. The predicted octanol–water partition coefficient (Wildman–Crippen LogP) is 2.75. The zero-order valence-electron chi connectivity index (χ0n) is 5.79. The molecule has 9 heavy (non-hydrogen) atoms. The lowest BCUT2D eigenvalue weighted by atomic mass is 10.9. The van der Waals surface area contributed by atoms with Gasteiger partial charge in [0.1, 0.15) is 0 Å². The summed E-state index contributed by atoms with van der Waals surface area (Å²) in [5.74, 6) is 1.58. The first-order valence-electron chi connectivity index (χ1n) is 3.02. The van der Waals surface area contributed by atoms with Gasteiger partial charge in [-0.1, -0.05) is 6.92 Å². The Morgan fingerprint density at radius 2 is 2.00 bits per heavy atom. The predicted molar refractivity (Wildman–Crippen MR) is 41.6 cm³/mol. The average Bonchev–Trinajstić information content (AvgIpc) is 1.63. The minimum Gasteiger partial charge on any atom is -0.271 e. The minimum atomic E-state index is -3.72. The number of hydrogen-bond acceptors (Lipinski definition) is 1. The number of halogens is 2. The van der Waals surface area contributed by atoms with Crippen LogP contribution in [-0.4, -0.2) is 20.2 Å². The van der Waals surface area contributed by atoms with Crippen molar-refractivity contribution in [2.24, 2.45) is 0 Å². The van der Waals surface area contributed by atoms with Crippen LogP contribution < -0.4 is 0 Å². The molecule has 0 saturated heterocycles. The van der Waals surface area contributed by atoms with Crippen molar-refractivity contribution in [2.75, 3.05) is 11.5 Å². The second-order valence-electron chi connectivity index (χ2n) is 2.02. The van der Waals surface area contributed by atoms with E-state index in [0.29, 0.717) is 5.75 Å². The molecule has 0 heterocycles. The highest BCUT2D eigenvalue weighted by Gasteiger charge is 2.26. The summed E-state index contributed by atoms with van der Waals surface area (Å²) in [4.78, 5) is 0. The molecule has 56 valence electrons. The summed E-state index contributed by atoms with van der Waals surface area (Å²) in [6.07, 6.45) is 0. The molecule has 0 saturated carbocycles. The van der Waals surface area contributed by atoms with Crippen molar-refractivity contribution < 1.29 is 8.22 Å². The van der Waals surface area contributed by atoms with Crippen molar-refractivity contribution in [2.45, 2.75) is 19.5 Å². The molecule has 0 rings (SSSR count). The van der Waals surface area contributed by atoms with E-state index in [2.05, 4.69) is 0 Å². The Hall–Kier alpha value is 0.427. The van der Waals surface area contributed by atoms with E-state index in [1.807, 2.05) is 6.92 Å². The monoisotopic (exact) mass is 170 g/mol. The largest absolute Gasteiger partial charge is 0.422 e. The molecule has 0 aromatic carbocycles. The maximum absolute atomic E-state index is 12.2. The van der Waals surface area contributed by atoms with Crippen LogP contribution in [0.1, 0.15) is 6.92 Å². The lowest BCUT2D eigenvalue weighted by Crippen LogP contribution is -2.16. The van der Waals surface area contributed by atoms with Gasteiger partial charge in [0, 0.05) is 6.04 Å². The molecule has 0 radical (unpaired) electrons. The first kappa shape index (κ1) is 9.43. The molecular formula is C5H12F2SSi. The standard InChI is InChI=1S/C5H12F2SSi/c1-3-8-4-5-9(2,6)7/h3-5H2,1-2H3. The van der Waals surface area contributed by atoms with Gasteiger partial charge in [0.05, 0.1) is 0 Å². The number of rotatable bonds is 4. The second-order valence-corrected chi connectivity index (χ2v) is 6.05. The van der Waals surface area contributed by atoms with Crippen LogP contribution in [0.2, 0.25) is 12.6 Å². The quantitative estimate of drug-likeness (QED) is 0.355. The average molecular weight is 170 g/mol. The molecule has 4 heteroatoms. The van der Waals surface area contributed by atoms with E-state index in [1.165, 1.54) is 0 Å². The van der Waals surface area contributed by atoms with E-state index < -0.39 is 8.74 Å². The SMILES string of the molecule is CCSCC[Si](C)(F)F. The van der Waals surface area contributed by atoms with Crippen LogP contribution in [-0.2, 0) is 0 Å². The van der Waals surface area contributed by atoms with Gasteiger partial charge in [0.2, 0.25) is 0 Å². The van der Waals surface area contributed by atoms with Crippen LogP contribution in [0.3, 0.4) is 0 Å². The maximum atomic E-state index is 12.2. The third kappa shape index (κ3) is 8.43. The molecular weight excluding hydrogens is 158 g/mol. The Labute approximate surface area is 60.4 Å². The van der Waals surface area contributed by atoms with E-state index in [9.17, 15) is 8.22 Å². The van der Waals surface area contributed by atoms with Crippen LogP contribution in [0.25, 0.3) is 0 Å². The van der Waals surface area contributed by atoms with Crippen molar-refractivity contribution >= 4 is 20.5 Å². The Bertz CT molecular complexity index is 71.8. The third-order valence-electron chi connectivity index (χ3n) is 0.890. The topological polar surface area (TPSA) is 0 Å². The molecule has 0 nitrogen and oxygen atoms in total. The molecule has 0 bridgehead atoms. The summed E-state index contributed by atoms with van der Waals surface area (Å²) in [6.45, 7) is 3.09. The van der Waals surface area contributed by atoms with Gasteiger partial charge in [-0.3, -0.25) is 8.22 Å². The van der Waals surface area contributed by atoms with Gasteiger partial charge < -0.3 is 0 Å². The van der Waals surface area contributed by atoms with Gasteiger partial charge in [-0.2, -0.15) is 11.8 Å². The van der Waals surface area contributed by atoms with Crippen molar-refractivity contribution in [3.05, 3.63) is 0 Å². The summed E-state index contributed by atoms with van der Waals surface area (Å²) in [7, 11) is -3.72. The Morgan fingerprint density at radius 3 is 2.33 bits per heavy atom. The Kier molecular flexibility index (Phi) is 4.48. The normalized spacial score (nSPS) is 12.0. The van der Waals surface area contributed by atoms with Gasteiger partial charge >= 0.3 is 8.74 Å². The van der Waals surface area contributed by atoms with Crippen molar-refractivity contribution in [3.63, 3.8) is 0 Å². The molecule has 0 N–H and O–H groups in total. The van der Waals surface area contributed by atoms with E-state index >= 15 is 0 Å². The highest BCUT2D eigenvalue weighted by atomic mass is 32.2. The third-order valence-corrected chi connectivity index (χ3v) is 3.28. The smallest absolute Gasteiger partial charge is 0.271 e. The highest BCUT2D eigenvalue weighted by Crippen LogP contribution is 2.15. The van der Waals surface area contributed by atoms with Gasteiger partial charge in [0.15, 0.2) is 0 Å². The minimum absolute atomic E-state index is 0.144. The van der Waals surface area contributed by atoms with Crippen LogP contribution in [0, 0.1) is 0 Å². The van der Waals surface area contributed by atoms with Crippen LogP contribution in [0.15, 0.2) is 0 Å². The van der Waals surface area contributed by atoms with E-state index in [1.54, 1.807) is 11.8 Å². The molecule has 0 unspecified atom stereocenters. The van der Waals surface area contributed by atoms with Gasteiger partial charge in [0.25, 0.3) is 0 Å². The molecule has 0 amide bonds. The number of hydrogen-bond donors (Lipinski definition) is 0. The Balaban J connectivity index is 3.07. The molecule has 0 spiro atoms. The summed E-state index contributed by atoms with van der Waals surface area (Å²) in [5, 5.41) is 0. The van der Waals surface area contributed by atoms with Gasteiger partial charge in [-0.15, -0.1) is 0 Å². The Morgan fingerprint density at radius 1 is 1.44 bits per heavy atom. The van der Waals surface area contributed by atoms with Crippen molar-refractivity contribution in [1.29, 1.82) is 0 Å². The summed E-state index contributed by atoms with van der Waals surface area (Å²) in [5.41, 5.74) is 0. The second kappa shape index (κ2) is 4.28. The maximum Gasteiger partial charge on any atom is 0.422 e. The van der Waals surface area contributed by atoms with Gasteiger partial charge in [-0.25, -0.2) is 0 Å². The van der Waals surface area contributed by atoms with Crippen LogP contribution in [0.4, 0.5) is 8.22 Å². The molecule has 0 aromatic rings. The molecule has 0 aliphatic heterocycles. The molecule has 0 atom stereocenters. The van der Waals surface area contributed by atoms with Crippen molar-refractivity contribution in [3.8, 4) is 0 Å². The zero-order valence-corrected chi connectivity index (χ0v) is 7.60. The molecule has 0 aromatic heterocycles. The summed E-state index contributed by atoms with van der Waals surface area (Å²) in [6, 6.07) is 0.144. The van der Waals surface area contributed by atoms with Crippen LogP contribution >= 0.6 is 11.8 Å². The lowest BCUT2D eigenvalue weighted by Gasteiger charge is -2.03. The van der Waals surface area contributed by atoms with E-state index in [0.717, 1.165) is 12.3 Å². The summed E-state index contributed by atoms with van der Waals surface area (Å²) >= 11 is 1.59. The molecule has 0 aliphatic carbocycles. The van der Waals surface area contributed by atoms with E-state index in [-0.39, 0.29) is 6.04 Å². The molecule has 0 aliphatic rings. The van der Waals surface area contributed by atoms with Crippen molar-refractivity contribution in [1.82, 2.24) is 0 Å². The number of thioether (sulfide) groups is 1. The van der Waals surface area contributed by atoms with Gasteiger partial charge in [-0.05, 0) is 18.1 Å². The fourth-order valence-corrected chi connectivity index (χ4v) is 2.70. The summed E-state index contributed by atoms with van der Waals surface area (Å²) < 4.78 is 24.3. The first-order valence-corrected chi connectivity index (χ1v) is 6.63. The van der Waals surface area contributed by atoms with Crippen LogP contribution in [0.5, 0.6) is 0 Å². The molecule has 0 fully saturated rings. The fraction of sp³-hybridized carbons (Fsp3) is 1.00.